The Hall–Kier alpha value is -1.86. The van der Waals surface area contributed by atoms with Crippen molar-refractivity contribution in [3.8, 4) is 0 Å². The minimum absolute atomic E-state index is 0.00181. The van der Waals surface area contributed by atoms with E-state index in [1.807, 2.05) is 28.4 Å². The lowest BCUT2D eigenvalue weighted by atomic mass is 10.3. The quantitative estimate of drug-likeness (QED) is 0.761. The van der Waals surface area contributed by atoms with E-state index in [1.165, 1.54) is 0 Å². The summed E-state index contributed by atoms with van der Waals surface area (Å²) in [6.45, 7) is 2.54. The van der Waals surface area contributed by atoms with Crippen molar-refractivity contribution in [2.45, 2.75) is 19.7 Å². The van der Waals surface area contributed by atoms with Crippen LogP contribution in [-0.4, -0.2) is 30.6 Å². The number of rotatable bonds is 2. The Kier molecular flexibility index (Phi) is 2.36. The van der Waals surface area contributed by atoms with Crippen LogP contribution < -0.4 is 4.90 Å². The molecular weight excluding hydrogens is 262 g/mol. The van der Waals surface area contributed by atoms with E-state index in [0.29, 0.717) is 0 Å². The number of anilines is 1. The molecule has 98 valence electrons. The summed E-state index contributed by atoms with van der Waals surface area (Å²) in [6.07, 6.45) is 5.79. The summed E-state index contributed by atoms with van der Waals surface area (Å²) in [7, 11) is 0. The molecule has 0 amide bonds. The third kappa shape index (κ3) is 1.58. The zero-order valence-electron chi connectivity index (χ0n) is 10.2. The van der Waals surface area contributed by atoms with E-state index in [9.17, 15) is 5.11 Å². The summed E-state index contributed by atoms with van der Waals surface area (Å²) in [4.78, 5) is 12.1. The molecule has 0 radical (unpaired) electrons. The number of nitrogens with zero attached hydrogens (tertiary/aromatic N) is 5. The average Bonchev–Trinajstić information content (AvgIpc) is 3.12. The molecule has 19 heavy (non-hydrogen) atoms. The van der Waals surface area contributed by atoms with Crippen molar-refractivity contribution in [1.82, 2.24) is 18.9 Å². The summed E-state index contributed by atoms with van der Waals surface area (Å²) in [5.74, 6) is 1.93. The highest BCUT2D eigenvalue weighted by molar-refractivity contribution is 7.15. The van der Waals surface area contributed by atoms with Crippen LogP contribution in [0.15, 0.2) is 24.0 Å². The van der Waals surface area contributed by atoms with E-state index in [1.54, 1.807) is 11.3 Å². The van der Waals surface area contributed by atoms with E-state index < -0.39 is 0 Å². The van der Waals surface area contributed by atoms with Gasteiger partial charge < -0.3 is 14.6 Å². The first-order valence-corrected chi connectivity index (χ1v) is 7.05. The predicted octanol–water partition coefficient (Wildman–Crippen LogP) is 1.10. The molecule has 4 heterocycles. The number of aliphatic hydroxyl groups excluding tert-OH is 1. The maximum Gasteiger partial charge on any atom is 0.195 e. The van der Waals surface area contributed by atoms with Crippen LogP contribution in [0, 0.1) is 0 Å². The Morgan fingerprint density at radius 3 is 3.16 bits per heavy atom. The molecule has 0 unspecified atom stereocenters. The number of thiazole rings is 1. The standard InChI is InChI=1S/C12H13N5OS/c18-8-9-11(14-12-17(9)5-6-19-12)16-4-3-15-2-1-13-10(15)7-16/h1-2,5-6,18H,3-4,7-8H2. The van der Waals surface area contributed by atoms with E-state index in [2.05, 4.69) is 19.4 Å². The van der Waals surface area contributed by atoms with Gasteiger partial charge in [-0.1, -0.05) is 0 Å². The Morgan fingerprint density at radius 2 is 2.26 bits per heavy atom. The molecule has 4 rings (SSSR count). The molecule has 1 aliphatic rings. The van der Waals surface area contributed by atoms with Crippen molar-refractivity contribution >= 4 is 22.1 Å². The molecule has 3 aromatic heterocycles. The van der Waals surface area contributed by atoms with Crippen molar-refractivity contribution in [1.29, 1.82) is 0 Å². The maximum absolute atomic E-state index is 9.61. The average molecular weight is 275 g/mol. The largest absolute Gasteiger partial charge is 0.390 e. The normalized spacial score (nSPS) is 15.1. The highest BCUT2D eigenvalue weighted by Crippen LogP contribution is 2.27. The van der Waals surface area contributed by atoms with Crippen LogP contribution in [0.3, 0.4) is 0 Å². The Labute approximate surface area is 113 Å². The molecule has 1 aliphatic heterocycles. The smallest absolute Gasteiger partial charge is 0.195 e. The van der Waals surface area contributed by atoms with Gasteiger partial charge in [0.15, 0.2) is 10.8 Å². The summed E-state index contributed by atoms with van der Waals surface area (Å²) < 4.78 is 4.12. The number of aromatic nitrogens is 4. The van der Waals surface area contributed by atoms with Crippen molar-refractivity contribution in [2.75, 3.05) is 11.4 Å². The zero-order chi connectivity index (χ0) is 12.8. The first kappa shape index (κ1) is 11.0. The van der Waals surface area contributed by atoms with Crippen LogP contribution in [0.5, 0.6) is 0 Å². The van der Waals surface area contributed by atoms with Gasteiger partial charge in [0.2, 0.25) is 0 Å². The molecule has 1 N–H and O–H groups in total. The molecule has 6 nitrogen and oxygen atoms in total. The van der Waals surface area contributed by atoms with E-state index in [0.717, 1.165) is 41.9 Å². The predicted molar refractivity (Wildman–Crippen MR) is 72.3 cm³/mol. The van der Waals surface area contributed by atoms with Gasteiger partial charge in [-0.2, -0.15) is 0 Å². The second-order valence-corrected chi connectivity index (χ2v) is 5.43. The number of aliphatic hydroxyl groups is 1. The zero-order valence-corrected chi connectivity index (χ0v) is 11.0. The fraction of sp³-hybridized carbons (Fsp3) is 0.333. The molecule has 0 aliphatic carbocycles. The number of hydrogen-bond acceptors (Lipinski definition) is 5. The molecule has 0 bridgehead atoms. The summed E-state index contributed by atoms with van der Waals surface area (Å²) in [6, 6.07) is 0. The Morgan fingerprint density at radius 1 is 1.32 bits per heavy atom. The molecule has 7 heteroatoms. The van der Waals surface area contributed by atoms with Gasteiger partial charge in [-0.15, -0.1) is 11.3 Å². The summed E-state index contributed by atoms with van der Waals surface area (Å²) in [5.41, 5.74) is 0.858. The Bertz CT molecular complexity index is 727. The van der Waals surface area contributed by atoms with Gasteiger partial charge in [-0.05, 0) is 0 Å². The summed E-state index contributed by atoms with van der Waals surface area (Å²) in [5, 5.41) is 11.6. The van der Waals surface area contributed by atoms with E-state index >= 15 is 0 Å². The van der Waals surface area contributed by atoms with Gasteiger partial charge in [-0.25, -0.2) is 9.97 Å². The van der Waals surface area contributed by atoms with E-state index in [4.69, 9.17) is 0 Å². The summed E-state index contributed by atoms with van der Waals surface area (Å²) >= 11 is 1.58. The SMILES string of the molecule is OCc1c(N2CCn3ccnc3C2)nc2sccn12. The molecule has 0 aromatic carbocycles. The number of imidazole rings is 2. The molecule has 0 fully saturated rings. The van der Waals surface area contributed by atoms with Crippen molar-refractivity contribution in [2.24, 2.45) is 0 Å². The first-order chi connectivity index (χ1) is 9.36. The van der Waals surface area contributed by atoms with Crippen molar-refractivity contribution in [3.05, 3.63) is 35.5 Å². The van der Waals surface area contributed by atoms with Crippen molar-refractivity contribution < 1.29 is 5.11 Å². The molecule has 3 aromatic rings. The minimum Gasteiger partial charge on any atom is -0.390 e. The van der Waals surface area contributed by atoms with Crippen LogP contribution in [0.4, 0.5) is 5.82 Å². The molecule has 0 saturated carbocycles. The number of fused-ring (bicyclic) bond motifs is 2. The minimum atomic E-state index is -0.00181. The fourth-order valence-electron chi connectivity index (χ4n) is 2.58. The lowest BCUT2D eigenvalue weighted by molar-refractivity contribution is 0.276. The molecule has 0 spiro atoms. The monoisotopic (exact) mass is 275 g/mol. The van der Waals surface area contributed by atoms with Gasteiger partial charge in [0.05, 0.1) is 18.8 Å². The third-order valence-electron chi connectivity index (χ3n) is 3.53. The Balaban J connectivity index is 1.77. The van der Waals surface area contributed by atoms with Gasteiger partial charge in [0.25, 0.3) is 0 Å². The molecule has 0 atom stereocenters. The van der Waals surface area contributed by atoms with Gasteiger partial charge in [0.1, 0.15) is 5.82 Å². The van der Waals surface area contributed by atoms with Gasteiger partial charge in [-0.3, -0.25) is 4.40 Å². The van der Waals surface area contributed by atoms with Crippen LogP contribution in [0.25, 0.3) is 4.96 Å². The molecular formula is C12H13N5OS. The second kappa shape index (κ2) is 4.07. The number of hydrogen-bond donors (Lipinski definition) is 1. The lowest BCUT2D eigenvalue weighted by Gasteiger charge is -2.28. The lowest BCUT2D eigenvalue weighted by Crippen LogP contribution is -2.34. The third-order valence-corrected chi connectivity index (χ3v) is 4.29. The topological polar surface area (TPSA) is 58.6 Å². The highest BCUT2D eigenvalue weighted by atomic mass is 32.1. The van der Waals surface area contributed by atoms with Crippen molar-refractivity contribution in [3.63, 3.8) is 0 Å². The maximum atomic E-state index is 9.61. The molecule has 0 saturated heterocycles. The second-order valence-electron chi connectivity index (χ2n) is 4.55. The van der Waals surface area contributed by atoms with Crippen LogP contribution in [0.1, 0.15) is 11.5 Å². The first-order valence-electron chi connectivity index (χ1n) is 6.17. The van der Waals surface area contributed by atoms with Gasteiger partial charge in [0, 0.05) is 37.1 Å². The highest BCUT2D eigenvalue weighted by Gasteiger charge is 2.23. The fourth-order valence-corrected chi connectivity index (χ4v) is 3.30. The van der Waals surface area contributed by atoms with Crippen LogP contribution >= 0.6 is 11.3 Å². The van der Waals surface area contributed by atoms with Crippen LogP contribution in [0.2, 0.25) is 0 Å². The van der Waals surface area contributed by atoms with Crippen LogP contribution in [-0.2, 0) is 19.7 Å². The van der Waals surface area contributed by atoms with Gasteiger partial charge >= 0.3 is 0 Å². The van der Waals surface area contributed by atoms with E-state index in [-0.39, 0.29) is 6.61 Å².